The van der Waals surface area contributed by atoms with Crippen molar-refractivity contribution in [1.29, 1.82) is 0 Å². The van der Waals surface area contributed by atoms with E-state index >= 15 is 0 Å². The zero-order chi connectivity index (χ0) is 18.0. The summed E-state index contributed by atoms with van der Waals surface area (Å²) in [4.78, 5) is 28.5. The molecular formula is C17H22N2O5S. The SMILES string of the molecule is COCCN(C(=O)C(=O)N1CCc2ccccc21)C1CCS(=O)(=O)C1. The lowest BCUT2D eigenvalue weighted by atomic mass is 10.2. The fourth-order valence-electron chi connectivity index (χ4n) is 3.45. The molecule has 2 aliphatic heterocycles. The number of nitrogens with zero attached hydrogens (tertiary/aromatic N) is 2. The summed E-state index contributed by atoms with van der Waals surface area (Å²) in [6.45, 7) is 0.925. The molecule has 0 aliphatic carbocycles. The number of fused-ring (bicyclic) bond motifs is 1. The molecule has 0 spiro atoms. The molecule has 1 atom stereocenters. The summed E-state index contributed by atoms with van der Waals surface area (Å²) in [6.07, 6.45) is 1.08. The average Bonchev–Trinajstić information content (AvgIpc) is 3.17. The molecule has 7 nitrogen and oxygen atoms in total. The van der Waals surface area contributed by atoms with Crippen LogP contribution in [-0.2, 0) is 30.6 Å². The second-order valence-electron chi connectivity index (χ2n) is 6.38. The molecule has 1 fully saturated rings. The Labute approximate surface area is 147 Å². The van der Waals surface area contributed by atoms with Crippen molar-refractivity contribution in [3.8, 4) is 0 Å². The van der Waals surface area contributed by atoms with Crippen molar-refractivity contribution >= 4 is 27.3 Å². The van der Waals surface area contributed by atoms with Gasteiger partial charge in [-0.3, -0.25) is 9.59 Å². The third kappa shape index (κ3) is 3.69. The largest absolute Gasteiger partial charge is 0.383 e. The molecular weight excluding hydrogens is 344 g/mol. The Kier molecular flexibility index (Phi) is 5.10. The van der Waals surface area contributed by atoms with E-state index < -0.39 is 27.7 Å². The van der Waals surface area contributed by atoms with Crippen LogP contribution in [0.1, 0.15) is 12.0 Å². The minimum atomic E-state index is -3.15. The molecule has 8 heteroatoms. The Morgan fingerprint density at radius 1 is 1.32 bits per heavy atom. The van der Waals surface area contributed by atoms with Crippen LogP contribution in [0.2, 0.25) is 0 Å². The Morgan fingerprint density at radius 3 is 2.76 bits per heavy atom. The van der Waals surface area contributed by atoms with Crippen LogP contribution >= 0.6 is 0 Å². The highest BCUT2D eigenvalue weighted by molar-refractivity contribution is 7.91. The fourth-order valence-corrected chi connectivity index (χ4v) is 5.18. The number of sulfone groups is 1. The van der Waals surface area contributed by atoms with E-state index in [2.05, 4.69) is 0 Å². The van der Waals surface area contributed by atoms with Crippen LogP contribution in [0.15, 0.2) is 24.3 Å². The first-order valence-corrected chi connectivity index (χ1v) is 10.1. The monoisotopic (exact) mass is 366 g/mol. The van der Waals surface area contributed by atoms with E-state index in [1.165, 1.54) is 16.9 Å². The molecule has 0 radical (unpaired) electrons. The summed E-state index contributed by atoms with van der Waals surface area (Å²) in [6, 6.07) is 7.05. The van der Waals surface area contributed by atoms with E-state index in [9.17, 15) is 18.0 Å². The number of hydrogen-bond acceptors (Lipinski definition) is 5. The molecule has 1 saturated heterocycles. The number of rotatable bonds is 4. The Balaban J connectivity index is 1.79. The fraction of sp³-hybridized carbons (Fsp3) is 0.529. The van der Waals surface area contributed by atoms with E-state index in [-0.39, 0.29) is 24.7 Å². The summed E-state index contributed by atoms with van der Waals surface area (Å²) in [5.41, 5.74) is 1.79. The predicted molar refractivity (Wildman–Crippen MR) is 93.1 cm³/mol. The van der Waals surface area contributed by atoms with Crippen molar-refractivity contribution in [3.63, 3.8) is 0 Å². The van der Waals surface area contributed by atoms with Gasteiger partial charge < -0.3 is 14.5 Å². The normalized spacial score (nSPS) is 21.2. The third-order valence-electron chi connectivity index (χ3n) is 4.76. The summed E-state index contributed by atoms with van der Waals surface area (Å²) in [5, 5.41) is 0. The van der Waals surface area contributed by atoms with Gasteiger partial charge in [0, 0.05) is 31.9 Å². The van der Waals surface area contributed by atoms with Gasteiger partial charge in [-0.1, -0.05) is 18.2 Å². The van der Waals surface area contributed by atoms with Crippen LogP contribution in [0.4, 0.5) is 5.69 Å². The maximum Gasteiger partial charge on any atom is 0.316 e. The zero-order valence-corrected chi connectivity index (χ0v) is 15.0. The second kappa shape index (κ2) is 7.13. The summed E-state index contributed by atoms with van der Waals surface area (Å²) in [5.74, 6) is -1.30. The topological polar surface area (TPSA) is 84.0 Å². The zero-order valence-electron chi connectivity index (χ0n) is 14.2. The summed E-state index contributed by atoms with van der Waals surface area (Å²) >= 11 is 0. The number of para-hydroxylation sites is 1. The van der Waals surface area contributed by atoms with Crippen molar-refractivity contribution in [2.75, 3.05) is 43.2 Å². The van der Waals surface area contributed by atoms with Crippen molar-refractivity contribution < 1.29 is 22.7 Å². The van der Waals surface area contributed by atoms with Gasteiger partial charge in [0.1, 0.15) is 0 Å². The molecule has 3 rings (SSSR count). The van der Waals surface area contributed by atoms with Gasteiger partial charge in [-0.25, -0.2) is 8.42 Å². The van der Waals surface area contributed by atoms with Gasteiger partial charge in [-0.15, -0.1) is 0 Å². The van der Waals surface area contributed by atoms with Gasteiger partial charge in [0.05, 0.1) is 18.1 Å². The molecule has 0 aromatic heterocycles. The highest BCUT2D eigenvalue weighted by Gasteiger charge is 2.39. The van der Waals surface area contributed by atoms with Gasteiger partial charge in [0.15, 0.2) is 9.84 Å². The molecule has 2 amide bonds. The predicted octanol–water partition coefficient (Wildman–Crippen LogP) is 0.238. The lowest BCUT2D eigenvalue weighted by Gasteiger charge is -2.29. The minimum absolute atomic E-state index is 0.0508. The van der Waals surface area contributed by atoms with Crippen molar-refractivity contribution in [2.45, 2.75) is 18.9 Å². The highest BCUT2D eigenvalue weighted by atomic mass is 32.2. The van der Waals surface area contributed by atoms with Gasteiger partial charge in [0.25, 0.3) is 0 Å². The number of methoxy groups -OCH3 is 1. The van der Waals surface area contributed by atoms with Gasteiger partial charge in [-0.2, -0.15) is 0 Å². The molecule has 1 unspecified atom stereocenters. The molecule has 136 valence electrons. The Bertz CT molecular complexity index is 777. The first-order chi connectivity index (χ1) is 11.9. The van der Waals surface area contributed by atoms with E-state index in [0.29, 0.717) is 19.4 Å². The van der Waals surface area contributed by atoms with E-state index in [0.717, 1.165) is 11.3 Å². The van der Waals surface area contributed by atoms with Gasteiger partial charge in [-0.05, 0) is 24.5 Å². The Hall–Kier alpha value is -1.93. The summed E-state index contributed by atoms with van der Waals surface area (Å²) < 4.78 is 28.6. The highest BCUT2D eigenvalue weighted by Crippen LogP contribution is 2.28. The first-order valence-electron chi connectivity index (χ1n) is 8.32. The van der Waals surface area contributed by atoms with Crippen LogP contribution in [0, 0.1) is 0 Å². The molecule has 0 saturated carbocycles. The maximum atomic E-state index is 12.8. The molecule has 1 aromatic carbocycles. The maximum absolute atomic E-state index is 12.8. The molecule has 0 N–H and O–H groups in total. The number of ether oxygens (including phenoxy) is 1. The van der Waals surface area contributed by atoms with Crippen molar-refractivity contribution in [1.82, 2.24) is 4.90 Å². The smallest absolute Gasteiger partial charge is 0.316 e. The first kappa shape index (κ1) is 17.9. The molecule has 0 bridgehead atoms. The van der Waals surface area contributed by atoms with E-state index in [4.69, 9.17) is 4.74 Å². The number of carbonyl (C=O) groups excluding carboxylic acids is 2. The molecule has 1 aromatic rings. The standard InChI is InChI=1S/C17H22N2O5S/c1-24-10-9-18(14-7-11-25(22,23)12-14)16(20)17(21)19-8-6-13-4-2-3-5-15(13)19/h2-5,14H,6-12H2,1H3. The number of anilines is 1. The van der Waals surface area contributed by atoms with Crippen LogP contribution < -0.4 is 4.90 Å². The lowest BCUT2D eigenvalue weighted by Crippen LogP contribution is -2.50. The molecule has 2 heterocycles. The molecule has 2 aliphatic rings. The average molecular weight is 366 g/mol. The minimum Gasteiger partial charge on any atom is -0.383 e. The van der Waals surface area contributed by atoms with Gasteiger partial charge in [0.2, 0.25) is 0 Å². The van der Waals surface area contributed by atoms with Gasteiger partial charge >= 0.3 is 11.8 Å². The van der Waals surface area contributed by atoms with Crippen molar-refractivity contribution in [3.05, 3.63) is 29.8 Å². The van der Waals surface area contributed by atoms with Crippen LogP contribution in [-0.4, -0.2) is 69.5 Å². The number of amides is 2. The Morgan fingerprint density at radius 2 is 2.08 bits per heavy atom. The van der Waals surface area contributed by atoms with Crippen LogP contribution in [0.3, 0.4) is 0 Å². The van der Waals surface area contributed by atoms with Crippen LogP contribution in [0.5, 0.6) is 0 Å². The molecule has 25 heavy (non-hydrogen) atoms. The van der Waals surface area contributed by atoms with E-state index in [1.54, 1.807) is 0 Å². The number of hydrogen-bond donors (Lipinski definition) is 0. The second-order valence-corrected chi connectivity index (χ2v) is 8.61. The number of carbonyl (C=O) groups is 2. The summed E-state index contributed by atoms with van der Waals surface area (Å²) in [7, 11) is -1.65. The number of benzene rings is 1. The van der Waals surface area contributed by atoms with Crippen molar-refractivity contribution in [2.24, 2.45) is 0 Å². The lowest BCUT2D eigenvalue weighted by molar-refractivity contribution is -0.146. The third-order valence-corrected chi connectivity index (χ3v) is 6.51. The van der Waals surface area contributed by atoms with Crippen LogP contribution in [0.25, 0.3) is 0 Å². The van der Waals surface area contributed by atoms with E-state index in [1.807, 2.05) is 24.3 Å². The quantitative estimate of drug-likeness (QED) is 0.713.